The van der Waals surface area contributed by atoms with E-state index in [1.807, 2.05) is 6.92 Å². The van der Waals surface area contributed by atoms with Crippen LogP contribution < -0.4 is 0 Å². The van der Waals surface area contributed by atoms with E-state index in [0.29, 0.717) is 12.5 Å². The lowest BCUT2D eigenvalue weighted by atomic mass is 10.1. The lowest BCUT2D eigenvalue weighted by Crippen LogP contribution is -2.06. The third kappa shape index (κ3) is 7.60. The molecule has 0 spiro atoms. The molecule has 0 saturated carbocycles. The van der Waals surface area contributed by atoms with E-state index in [1.54, 1.807) is 0 Å². The molecular weight excluding hydrogens is 136 g/mol. The van der Waals surface area contributed by atoms with Crippen molar-refractivity contribution in [3.8, 4) is 0 Å². The summed E-state index contributed by atoms with van der Waals surface area (Å²) in [5.41, 5.74) is 1.11. The molecule has 0 aliphatic heterocycles. The van der Waals surface area contributed by atoms with Crippen LogP contribution in [0, 0.1) is 5.92 Å². The maximum absolute atomic E-state index is 5.41. The second-order valence-electron chi connectivity index (χ2n) is 3.37. The standard InChI is InChI=1S/C10H20O/c1-5-6-10(4)8-11-7-9(2)3/h10H,2,5-8H2,1,3-4H3. The second kappa shape index (κ2) is 6.41. The van der Waals surface area contributed by atoms with Crippen molar-refractivity contribution in [1.29, 1.82) is 0 Å². The zero-order valence-corrected chi connectivity index (χ0v) is 8.02. The molecule has 0 rings (SSSR count). The van der Waals surface area contributed by atoms with Gasteiger partial charge in [0.05, 0.1) is 6.61 Å². The molecule has 1 nitrogen and oxygen atoms in total. The third-order valence-corrected chi connectivity index (χ3v) is 1.53. The maximum atomic E-state index is 5.41. The van der Waals surface area contributed by atoms with Crippen molar-refractivity contribution in [3.63, 3.8) is 0 Å². The molecule has 0 saturated heterocycles. The highest BCUT2D eigenvalue weighted by atomic mass is 16.5. The van der Waals surface area contributed by atoms with Crippen LogP contribution in [-0.2, 0) is 4.74 Å². The molecule has 0 aromatic rings. The molecule has 0 aromatic carbocycles. The molecule has 0 aliphatic rings. The van der Waals surface area contributed by atoms with Gasteiger partial charge in [-0.15, -0.1) is 0 Å². The Hall–Kier alpha value is -0.300. The molecule has 0 N–H and O–H groups in total. The number of ether oxygens (including phenoxy) is 1. The molecule has 1 unspecified atom stereocenters. The maximum Gasteiger partial charge on any atom is 0.0671 e. The summed E-state index contributed by atoms with van der Waals surface area (Å²) in [6, 6.07) is 0. The van der Waals surface area contributed by atoms with Gasteiger partial charge in [-0.2, -0.15) is 0 Å². The summed E-state index contributed by atoms with van der Waals surface area (Å²) >= 11 is 0. The highest BCUT2D eigenvalue weighted by Crippen LogP contribution is 2.05. The van der Waals surface area contributed by atoms with Crippen molar-refractivity contribution >= 4 is 0 Å². The highest BCUT2D eigenvalue weighted by Gasteiger charge is 1.99. The summed E-state index contributed by atoms with van der Waals surface area (Å²) < 4.78 is 5.41. The Balaban J connectivity index is 3.16. The van der Waals surface area contributed by atoms with E-state index < -0.39 is 0 Å². The smallest absolute Gasteiger partial charge is 0.0671 e. The Morgan fingerprint density at radius 3 is 2.64 bits per heavy atom. The Morgan fingerprint density at radius 1 is 1.55 bits per heavy atom. The lowest BCUT2D eigenvalue weighted by Gasteiger charge is -2.09. The molecule has 66 valence electrons. The van der Waals surface area contributed by atoms with Crippen molar-refractivity contribution < 1.29 is 4.74 Å². The largest absolute Gasteiger partial charge is 0.377 e. The lowest BCUT2D eigenvalue weighted by molar-refractivity contribution is 0.120. The molecule has 0 amide bonds. The summed E-state index contributed by atoms with van der Waals surface area (Å²) in [6.45, 7) is 11.8. The number of rotatable bonds is 6. The minimum Gasteiger partial charge on any atom is -0.377 e. The zero-order valence-electron chi connectivity index (χ0n) is 8.02. The van der Waals surface area contributed by atoms with E-state index in [4.69, 9.17) is 4.74 Å². The van der Waals surface area contributed by atoms with Crippen LogP contribution in [-0.4, -0.2) is 13.2 Å². The first-order valence-corrected chi connectivity index (χ1v) is 4.39. The molecule has 0 fully saturated rings. The van der Waals surface area contributed by atoms with Gasteiger partial charge in [0.25, 0.3) is 0 Å². The van der Waals surface area contributed by atoms with Gasteiger partial charge in [-0.3, -0.25) is 0 Å². The summed E-state index contributed by atoms with van der Waals surface area (Å²) in [6.07, 6.45) is 2.51. The van der Waals surface area contributed by atoms with Crippen LogP contribution in [0.4, 0.5) is 0 Å². The Kier molecular flexibility index (Phi) is 6.24. The van der Waals surface area contributed by atoms with Crippen molar-refractivity contribution in [2.45, 2.75) is 33.6 Å². The van der Waals surface area contributed by atoms with Gasteiger partial charge < -0.3 is 4.74 Å². The van der Waals surface area contributed by atoms with Gasteiger partial charge in [-0.1, -0.05) is 32.4 Å². The van der Waals surface area contributed by atoms with Gasteiger partial charge >= 0.3 is 0 Å². The Bertz CT molecular complexity index is 107. The first kappa shape index (κ1) is 10.7. The number of hydrogen-bond acceptors (Lipinski definition) is 1. The third-order valence-electron chi connectivity index (χ3n) is 1.53. The van der Waals surface area contributed by atoms with E-state index in [1.165, 1.54) is 12.8 Å². The van der Waals surface area contributed by atoms with Crippen molar-refractivity contribution in [2.75, 3.05) is 13.2 Å². The first-order chi connectivity index (χ1) is 5.16. The summed E-state index contributed by atoms with van der Waals surface area (Å²) in [7, 11) is 0. The number of hydrogen-bond donors (Lipinski definition) is 0. The Labute approximate surface area is 70.4 Å². The van der Waals surface area contributed by atoms with Crippen LogP contribution in [0.15, 0.2) is 12.2 Å². The summed E-state index contributed by atoms with van der Waals surface area (Å²) in [5.74, 6) is 0.694. The quantitative estimate of drug-likeness (QED) is 0.537. The fourth-order valence-electron chi connectivity index (χ4n) is 1.01. The average molecular weight is 156 g/mol. The van der Waals surface area contributed by atoms with Gasteiger partial charge in [-0.05, 0) is 19.3 Å². The van der Waals surface area contributed by atoms with Crippen LogP contribution in [0.3, 0.4) is 0 Å². The molecule has 1 atom stereocenters. The highest BCUT2D eigenvalue weighted by molar-refractivity contribution is 4.87. The van der Waals surface area contributed by atoms with E-state index >= 15 is 0 Å². The van der Waals surface area contributed by atoms with Crippen LogP contribution in [0.1, 0.15) is 33.6 Å². The predicted octanol–water partition coefficient (Wildman–Crippen LogP) is 3.02. The van der Waals surface area contributed by atoms with Gasteiger partial charge in [0.15, 0.2) is 0 Å². The minimum atomic E-state index is 0.694. The Morgan fingerprint density at radius 2 is 2.18 bits per heavy atom. The zero-order chi connectivity index (χ0) is 8.69. The van der Waals surface area contributed by atoms with Crippen LogP contribution in [0.25, 0.3) is 0 Å². The van der Waals surface area contributed by atoms with E-state index in [2.05, 4.69) is 20.4 Å². The van der Waals surface area contributed by atoms with E-state index in [-0.39, 0.29) is 0 Å². The molecule has 0 heterocycles. The van der Waals surface area contributed by atoms with Crippen molar-refractivity contribution in [1.82, 2.24) is 0 Å². The molecule has 0 aromatic heterocycles. The SMILES string of the molecule is C=C(C)COCC(C)CCC. The van der Waals surface area contributed by atoms with Gasteiger partial charge in [0, 0.05) is 6.61 Å². The van der Waals surface area contributed by atoms with E-state index in [0.717, 1.165) is 12.2 Å². The van der Waals surface area contributed by atoms with Gasteiger partial charge in [-0.25, -0.2) is 0 Å². The van der Waals surface area contributed by atoms with Crippen molar-refractivity contribution in [2.24, 2.45) is 5.92 Å². The molecule has 0 aliphatic carbocycles. The average Bonchev–Trinajstić information content (AvgIpc) is 1.87. The van der Waals surface area contributed by atoms with Gasteiger partial charge in [0.1, 0.15) is 0 Å². The predicted molar refractivity (Wildman–Crippen MR) is 49.7 cm³/mol. The molecular formula is C10H20O. The first-order valence-electron chi connectivity index (χ1n) is 4.39. The molecule has 0 bridgehead atoms. The fraction of sp³-hybridized carbons (Fsp3) is 0.800. The topological polar surface area (TPSA) is 9.23 Å². The normalized spacial score (nSPS) is 13.0. The minimum absolute atomic E-state index is 0.694. The van der Waals surface area contributed by atoms with Crippen LogP contribution in [0.2, 0.25) is 0 Å². The van der Waals surface area contributed by atoms with Crippen LogP contribution in [0.5, 0.6) is 0 Å². The van der Waals surface area contributed by atoms with Gasteiger partial charge in [0.2, 0.25) is 0 Å². The van der Waals surface area contributed by atoms with Crippen LogP contribution >= 0.6 is 0 Å². The monoisotopic (exact) mass is 156 g/mol. The fourth-order valence-corrected chi connectivity index (χ4v) is 1.01. The molecule has 1 heteroatoms. The summed E-state index contributed by atoms with van der Waals surface area (Å²) in [4.78, 5) is 0. The molecule has 0 radical (unpaired) electrons. The van der Waals surface area contributed by atoms with E-state index in [9.17, 15) is 0 Å². The van der Waals surface area contributed by atoms with Crippen molar-refractivity contribution in [3.05, 3.63) is 12.2 Å². The second-order valence-corrected chi connectivity index (χ2v) is 3.37. The summed E-state index contributed by atoms with van der Waals surface area (Å²) in [5, 5.41) is 0. The molecule has 11 heavy (non-hydrogen) atoms.